The van der Waals surface area contributed by atoms with Crippen molar-refractivity contribution in [2.75, 3.05) is 39.3 Å². The number of hydrogen-bond donors (Lipinski definition) is 3. The molecular weight excluding hydrogens is 454 g/mol. The van der Waals surface area contributed by atoms with Crippen molar-refractivity contribution < 1.29 is 9.59 Å². The van der Waals surface area contributed by atoms with Gasteiger partial charge in [-0.1, -0.05) is 12.1 Å². The largest absolute Gasteiger partial charge is 0.353 e. The van der Waals surface area contributed by atoms with E-state index in [2.05, 4.69) is 27.2 Å². The Bertz CT molecular complexity index is 959. The number of carbonyl (C=O) groups excluding carboxylic acids is 2. The van der Waals surface area contributed by atoms with Gasteiger partial charge in [-0.2, -0.15) is 0 Å². The topological polar surface area (TPSA) is 120 Å². The second-order valence-corrected chi connectivity index (χ2v) is 11.2. The van der Waals surface area contributed by atoms with E-state index in [1.54, 1.807) is 31.0 Å². The first kappa shape index (κ1) is 26.3. The number of carbonyl (C=O) groups is 2. The van der Waals surface area contributed by atoms with Gasteiger partial charge in [0.05, 0.1) is 11.2 Å². The van der Waals surface area contributed by atoms with Crippen LogP contribution in [0.5, 0.6) is 0 Å². The number of nitrogens with one attached hydrogen (secondary N) is 1. The molecule has 1 spiro atoms. The maximum atomic E-state index is 12.5. The van der Waals surface area contributed by atoms with Crippen LogP contribution in [0.25, 0.3) is 0 Å². The predicted molar refractivity (Wildman–Crippen MR) is 142 cm³/mol. The van der Waals surface area contributed by atoms with Crippen molar-refractivity contribution in [3.05, 3.63) is 42.1 Å². The second-order valence-electron chi connectivity index (χ2n) is 11.2. The number of piperidine rings is 1. The summed E-state index contributed by atoms with van der Waals surface area (Å²) >= 11 is 0. The van der Waals surface area contributed by atoms with Gasteiger partial charge in [0.25, 0.3) is 0 Å². The van der Waals surface area contributed by atoms with Crippen LogP contribution in [0.3, 0.4) is 0 Å². The Morgan fingerprint density at radius 1 is 1.08 bits per heavy atom. The van der Waals surface area contributed by atoms with E-state index in [-0.39, 0.29) is 5.91 Å². The highest BCUT2D eigenvalue weighted by atomic mass is 16.2. The summed E-state index contributed by atoms with van der Waals surface area (Å²) in [6.07, 6.45) is 8.92. The molecule has 0 aromatic heterocycles. The second kappa shape index (κ2) is 11.1. The maximum Gasteiger partial charge on any atom is 0.242 e. The average molecular weight is 496 g/mol. The lowest BCUT2D eigenvalue weighted by molar-refractivity contribution is -0.137. The van der Waals surface area contributed by atoms with Crippen molar-refractivity contribution in [3.63, 3.8) is 0 Å². The number of rotatable bonds is 7. The third kappa shape index (κ3) is 6.52. The van der Waals surface area contributed by atoms with Gasteiger partial charge in [0.1, 0.15) is 5.84 Å². The van der Waals surface area contributed by atoms with E-state index in [1.807, 2.05) is 12.1 Å². The first-order valence-electron chi connectivity index (χ1n) is 13.0. The molecule has 0 bridgehead atoms. The van der Waals surface area contributed by atoms with E-state index < -0.39 is 5.54 Å². The molecule has 0 radical (unpaired) electrons. The fraction of sp³-hybridized carbons (Fsp3) is 0.593. The molecular formula is C27H41N7O2. The molecule has 2 saturated heterocycles. The van der Waals surface area contributed by atoms with E-state index in [4.69, 9.17) is 16.5 Å². The lowest BCUT2D eigenvalue weighted by atomic mass is 9.61. The summed E-state index contributed by atoms with van der Waals surface area (Å²) in [7, 11) is 0. The van der Waals surface area contributed by atoms with Crippen molar-refractivity contribution in [3.8, 4) is 0 Å². The van der Waals surface area contributed by atoms with Crippen molar-refractivity contribution in [1.82, 2.24) is 20.0 Å². The molecule has 1 aliphatic carbocycles. The maximum absolute atomic E-state index is 12.5. The molecule has 196 valence electrons. The standard InChI is InChI=1S/C27H41N7O2/c1-26(2,29)25(36)34-15-13-33(14-16-34)24(7-10-30-20-35)31-23-5-3-21(4-6-23)19-32-11-8-27(9-12-32)17-22(28)18-27/h3-7,10,20,22H,8-9,11-19,28-29H2,1-2H3,(H,30,35)/b10-7-,31-24?. The first-order chi connectivity index (χ1) is 17.2. The fourth-order valence-corrected chi connectivity index (χ4v) is 5.63. The third-order valence-corrected chi connectivity index (χ3v) is 7.73. The van der Waals surface area contributed by atoms with Gasteiger partial charge in [0.2, 0.25) is 12.3 Å². The van der Waals surface area contributed by atoms with E-state index in [0.717, 1.165) is 31.2 Å². The molecule has 1 aromatic carbocycles. The smallest absolute Gasteiger partial charge is 0.242 e. The molecule has 9 heteroatoms. The minimum absolute atomic E-state index is 0.0467. The van der Waals surface area contributed by atoms with Crippen molar-refractivity contribution in [1.29, 1.82) is 0 Å². The Balaban J connectivity index is 1.36. The van der Waals surface area contributed by atoms with E-state index in [0.29, 0.717) is 44.0 Å². The molecule has 1 saturated carbocycles. The summed E-state index contributed by atoms with van der Waals surface area (Å²) in [5.41, 5.74) is 13.8. The molecule has 5 N–H and O–H groups in total. The van der Waals surface area contributed by atoms with Crippen LogP contribution in [0.1, 0.15) is 45.1 Å². The number of amidine groups is 1. The number of amides is 2. The molecule has 2 heterocycles. The van der Waals surface area contributed by atoms with Crippen molar-refractivity contribution in [2.45, 2.75) is 57.7 Å². The van der Waals surface area contributed by atoms with Crippen LogP contribution >= 0.6 is 0 Å². The van der Waals surface area contributed by atoms with Gasteiger partial charge in [0, 0.05) is 45.0 Å². The van der Waals surface area contributed by atoms with E-state index in [1.165, 1.54) is 31.2 Å². The van der Waals surface area contributed by atoms with Crippen LogP contribution in [0, 0.1) is 5.41 Å². The molecule has 9 nitrogen and oxygen atoms in total. The molecule has 36 heavy (non-hydrogen) atoms. The number of benzene rings is 1. The highest BCUT2D eigenvalue weighted by Gasteiger charge is 2.44. The number of nitrogens with zero attached hydrogens (tertiary/aromatic N) is 4. The Hall–Kier alpha value is -2.75. The Morgan fingerprint density at radius 3 is 2.25 bits per heavy atom. The first-order valence-corrected chi connectivity index (χ1v) is 13.0. The number of hydrogen-bond acceptors (Lipinski definition) is 6. The summed E-state index contributed by atoms with van der Waals surface area (Å²) in [5.74, 6) is 0.700. The lowest BCUT2D eigenvalue weighted by Gasteiger charge is -2.51. The monoisotopic (exact) mass is 495 g/mol. The zero-order valence-corrected chi connectivity index (χ0v) is 21.7. The summed E-state index contributed by atoms with van der Waals surface area (Å²) in [6, 6.07) is 8.80. The van der Waals surface area contributed by atoms with Crippen molar-refractivity contribution >= 4 is 23.8 Å². The van der Waals surface area contributed by atoms with Crippen LogP contribution < -0.4 is 16.8 Å². The molecule has 2 aliphatic heterocycles. The Morgan fingerprint density at radius 2 is 1.69 bits per heavy atom. The van der Waals surface area contributed by atoms with Gasteiger partial charge >= 0.3 is 0 Å². The number of nitrogens with two attached hydrogens (primary N) is 2. The molecule has 3 aliphatic rings. The van der Waals surface area contributed by atoms with Crippen LogP contribution in [-0.4, -0.2) is 83.7 Å². The normalized spacial score (nSPS) is 21.6. The van der Waals surface area contributed by atoms with Crippen LogP contribution in [0.4, 0.5) is 5.69 Å². The van der Waals surface area contributed by atoms with Gasteiger partial charge in [-0.05, 0) is 81.8 Å². The zero-order chi connectivity index (χ0) is 25.8. The molecule has 2 amide bonds. The Labute approximate surface area is 214 Å². The average Bonchev–Trinajstić information content (AvgIpc) is 2.84. The molecule has 4 rings (SSSR count). The molecule has 0 unspecified atom stereocenters. The summed E-state index contributed by atoms with van der Waals surface area (Å²) in [5, 5.41) is 2.56. The molecule has 0 atom stereocenters. The quantitative estimate of drug-likeness (QED) is 0.300. The summed E-state index contributed by atoms with van der Waals surface area (Å²) in [4.78, 5) is 34.6. The van der Waals surface area contributed by atoms with Gasteiger partial charge < -0.3 is 26.6 Å². The van der Waals surface area contributed by atoms with Gasteiger partial charge in [-0.15, -0.1) is 0 Å². The fourth-order valence-electron chi connectivity index (χ4n) is 5.63. The SMILES string of the molecule is CC(C)(N)C(=O)N1CCN(C(/C=C\NC=O)=Nc2ccc(CN3CCC4(CC3)CC(N)C4)cc2)CC1. The highest BCUT2D eigenvalue weighted by molar-refractivity contribution is 5.95. The van der Waals surface area contributed by atoms with Crippen LogP contribution in [0.2, 0.25) is 0 Å². The minimum atomic E-state index is -0.880. The number of piperazine rings is 1. The third-order valence-electron chi connectivity index (χ3n) is 7.73. The van der Waals surface area contributed by atoms with Crippen LogP contribution in [0.15, 0.2) is 41.5 Å². The predicted octanol–water partition coefficient (Wildman–Crippen LogP) is 1.56. The van der Waals surface area contributed by atoms with Crippen LogP contribution in [-0.2, 0) is 16.1 Å². The van der Waals surface area contributed by atoms with Gasteiger partial charge in [-0.25, -0.2) is 4.99 Å². The minimum Gasteiger partial charge on any atom is -0.353 e. The van der Waals surface area contributed by atoms with Crippen molar-refractivity contribution in [2.24, 2.45) is 21.9 Å². The zero-order valence-electron chi connectivity index (χ0n) is 21.7. The molecule has 3 fully saturated rings. The number of aliphatic imine (C=N–C) groups is 1. The lowest BCUT2D eigenvalue weighted by Crippen LogP contribution is -2.57. The Kier molecular flexibility index (Phi) is 8.12. The highest BCUT2D eigenvalue weighted by Crippen LogP contribution is 2.48. The van der Waals surface area contributed by atoms with Gasteiger partial charge in [-0.3, -0.25) is 14.5 Å². The van der Waals surface area contributed by atoms with E-state index in [9.17, 15) is 9.59 Å². The summed E-state index contributed by atoms with van der Waals surface area (Å²) < 4.78 is 0. The molecule has 1 aromatic rings. The van der Waals surface area contributed by atoms with Gasteiger partial charge in [0.15, 0.2) is 0 Å². The van der Waals surface area contributed by atoms with E-state index >= 15 is 0 Å². The summed E-state index contributed by atoms with van der Waals surface area (Å²) in [6.45, 7) is 9.15. The number of likely N-dealkylation sites (tertiary alicyclic amines) is 1.